The lowest BCUT2D eigenvalue weighted by Gasteiger charge is -2.27. The van der Waals surface area contributed by atoms with Gasteiger partial charge in [0.25, 0.3) is 11.8 Å². The molecule has 1 unspecified atom stereocenters. The molecule has 1 atom stereocenters. The Hall–Kier alpha value is -3.18. The maximum absolute atomic E-state index is 12.8. The molecule has 4 amide bonds. The Bertz CT molecular complexity index is 939. The van der Waals surface area contributed by atoms with Gasteiger partial charge in [0.15, 0.2) is 0 Å². The molecule has 8 heteroatoms. The number of nitrogens with zero attached hydrogens (tertiary/aromatic N) is 1. The van der Waals surface area contributed by atoms with Crippen LogP contribution in [0.4, 0.5) is 0 Å². The molecule has 2 saturated heterocycles. The monoisotopic (exact) mass is 395 g/mol. The average molecular weight is 395 g/mol. The van der Waals surface area contributed by atoms with E-state index in [9.17, 15) is 19.2 Å². The fourth-order valence-electron chi connectivity index (χ4n) is 3.81. The first kappa shape index (κ1) is 19.2. The molecule has 1 aromatic rings. The van der Waals surface area contributed by atoms with Crippen LogP contribution in [0.5, 0.6) is 5.75 Å². The third kappa shape index (κ3) is 3.87. The quantitative estimate of drug-likeness (QED) is 0.570. The minimum absolute atomic E-state index is 0.0912. The van der Waals surface area contributed by atoms with E-state index in [-0.39, 0.29) is 30.6 Å². The highest BCUT2D eigenvalue weighted by Gasteiger charge is 2.44. The van der Waals surface area contributed by atoms with Crippen LogP contribution < -0.4 is 15.4 Å². The first-order valence-electron chi connectivity index (χ1n) is 9.72. The Kier molecular flexibility index (Phi) is 5.32. The normalized spacial score (nSPS) is 22.1. The minimum atomic E-state index is -0.972. The Morgan fingerprint density at radius 1 is 1.03 bits per heavy atom. The van der Waals surface area contributed by atoms with Crippen LogP contribution in [0.15, 0.2) is 18.2 Å². The van der Waals surface area contributed by atoms with Crippen molar-refractivity contribution in [1.82, 2.24) is 15.5 Å². The van der Waals surface area contributed by atoms with Crippen molar-refractivity contribution >= 4 is 23.6 Å². The molecule has 2 N–H and O–H groups in total. The number of fused-ring (bicyclic) bond motifs is 1. The number of rotatable bonds is 3. The summed E-state index contributed by atoms with van der Waals surface area (Å²) in [5.74, 6) is 4.93. The van der Waals surface area contributed by atoms with Gasteiger partial charge in [0.05, 0.1) is 11.1 Å². The fraction of sp³-hybridized carbons (Fsp3) is 0.429. The lowest BCUT2D eigenvalue weighted by molar-refractivity contribution is -0.136. The highest BCUT2D eigenvalue weighted by molar-refractivity contribution is 6.23. The molecule has 0 aromatic heterocycles. The summed E-state index contributed by atoms with van der Waals surface area (Å²) in [4.78, 5) is 49.8. The zero-order valence-corrected chi connectivity index (χ0v) is 15.8. The van der Waals surface area contributed by atoms with Crippen molar-refractivity contribution in [3.8, 4) is 17.6 Å². The zero-order chi connectivity index (χ0) is 20.4. The SMILES string of the molecule is O=C1CCC(N2C(=O)c3ccc(OCC#CC4CCNCC4)cc3C2=O)C(=O)N1. The molecule has 3 aliphatic rings. The van der Waals surface area contributed by atoms with Crippen molar-refractivity contribution in [2.75, 3.05) is 19.7 Å². The van der Waals surface area contributed by atoms with Gasteiger partial charge in [0, 0.05) is 12.3 Å². The number of imide groups is 2. The van der Waals surface area contributed by atoms with Gasteiger partial charge < -0.3 is 10.1 Å². The van der Waals surface area contributed by atoms with Gasteiger partial charge in [-0.3, -0.25) is 29.4 Å². The second-order valence-corrected chi connectivity index (χ2v) is 7.29. The number of carbonyl (C=O) groups is 4. The summed E-state index contributed by atoms with van der Waals surface area (Å²) in [6.07, 6.45) is 2.27. The summed E-state index contributed by atoms with van der Waals surface area (Å²) < 4.78 is 5.63. The molecule has 0 aliphatic carbocycles. The van der Waals surface area contributed by atoms with Gasteiger partial charge in [0.1, 0.15) is 18.4 Å². The largest absolute Gasteiger partial charge is 0.481 e. The van der Waals surface area contributed by atoms with E-state index in [1.54, 1.807) is 6.07 Å². The zero-order valence-electron chi connectivity index (χ0n) is 15.8. The van der Waals surface area contributed by atoms with Crippen molar-refractivity contribution in [1.29, 1.82) is 0 Å². The molecule has 0 saturated carbocycles. The van der Waals surface area contributed by atoms with Crippen molar-refractivity contribution in [2.24, 2.45) is 5.92 Å². The van der Waals surface area contributed by atoms with Crippen LogP contribution >= 0.6 is 0 Å². The number of benzene rings is 1. The molecule has 0 spiro atoms. The van der Waals surface area contributed by atoms with Gasteiger partial charge in [-0.15, -0.1) is 0 Å². The van der Waals surface area contributed by atoms with E-state index in [1.165, 1.54) is 12.1 Å². The summed E-state index contributed by atoms with van der Waals surface area (Å²) in [7, 11) is 0. The van der Waals surface area contributed by atoms with Gasteiger partial charge in [-0.1, -0.05) is 11.8 Å². The maximum atomic E-state index is 12.8. The van der Waals surface area contributed by atoms with Gasteiger partial charge in [-0.2, -0.15) is 0 Å². The summed E-state index contributed by atoms with van der Waals surface area (Å²) in [5, 5.41) is 5.47. The molecular formula is C21H21N3O5. The highest BCUT2D eigenvalue weighted by atomic mass is 16.5. The van der Waals surface area contributed by atoms with Crippen molar-refractivity contribution in [3.63, 3.8) is 0 Å². The van der Waals surface area contributed by atoms with Gasteiger partial charge in [-0.05, 0) is 50.6 Å². The van der Waals surface area contributed by atoms with Crippen molar-refractivity contribution in [2.45, 2.75) is 31.7 Å². The van der Waals surface area contributed by atoms with Crippen LogP contribution in [0.3, 0.4) is 0 Å². The molecule has 0 radical (unpaired) electrons. The Morgan fingerprint density at radius 2 is 1.79 bits per heavy atom. The molecule has 1 aromatic carbocycles. The van der Waals surface area contributed by atoms with Gasteiger partial charge in [0.2, 0.25) is 11.8 Å². The Morgan fingerprint density at radius 3 is 2.55 bits per heavy atom. The third-order valence-corrected chi connectivity index (χ3v) is 5.37. The molecule has 3 aliphatic heterocycles. The van der Waals surface area contributed by atoms with Gasteiger partial charge >= 0.3 is 0 Å². The second kappa shape index (κ2) is 8.05. The molecule has 3 heterocycles. The molecule has 4 rings (SSSR count). The Balaban J connectivity index is 1.43. The number of piperidine rings is 2. The van der Waals surface area contributed by atoms with Gasteiger partial charge in [-0.25, -0.2) is 0 Å². The van der Waals surface area contributed by atoms with Crippen molar-refractivity contribution < 1.29 is 23.9 Å². The van der Waals surface area contributed by atoms with Crippen LogP contribution in [0.2, 0.25) is 0 Å². The topological polar surface area (TPSA) is 105 Å². The molecule has 150 valence electrons. The number of hydrogen-bond donors (Lipinski definition) is 2. The smallest absolute Gasteiger partial charge is 0.262 e. The van der Waals surface area contributed by atoms with E-state index < -0.39 is 29.7 Å². The summed E-state index contributed by atoms with van der Waals surface area (Å²) >= 11 is 0. The lowest BCUT2D eigenvalue weighted by Crippen LogP contribution is -2.54. The highest BCUT2D eigenvalue weighted by Crippen LogP contribution is 2.30. The third-order valence-electron chi connectivity index (χ3n) is 5.37. The Labute approximate surface area is 168 Å². The standard InChI is InChI=1S/C21H21N3O5/c25-18-6-5-17(19(26)23-18)24-20(27)15-4-3-14(12-16(15)21(24)28)29-11-1-2-13-7-9-22-10-8-13/h3-4,12-13,17,22H,5-11H2,(H,23,25,26). The molecule has 2 fully saturated rings. The van der Waals surface area contributed by atoms with Crippen LogP contribution in [0.25, 0.3) is 0 Å². The molecule has 29 heavy (non-hydrogen) atoms. The van der Waals surface area contributed by atoms with Crippen LogP contribution in [-0.2, 0) is 9.59 Å². The van der Waals surface area contributed by atoms with Crippen LogP contribution in [-0.4, -0.2) is 54.3 Å². The fourth-order valence-corrected chi connectivity index (χ4v) is 3.81. The minimum Gasteiger partial charge on any atom is -0.481 e. The number of nitrogens with one attached hydrogen (secondary N) is 2. The summed E-state index contributed by atoms with van der Waals surface area (Å²) in [5.41, 5.74) is 0.427. The lowest BCUT2D eigenvalue weighted by atomic mass is 9.99. The van der Waals surface area contributed by atoms with E-state index in [2.05, 4.69) is 22.5 Å². The van der Waals surface area contributed by atoms with E-state index in [4.69, 9.17) is 4.74 Å². The van der Waals surface area contributed by atoms with E-state index in [0.717, 1.165) is 30.8 Å². The second-order valence-electron chi connectivity index (χ2n) is 7.29. The predicted octanol–water partition coefficient (Wildman–Crippen LogP) is 0.470. The molecule has 8 nitrogen and oxygen atoms in total. The average Bonchev–Trinajstić information content (AvgIpc) is 2.96. The number of hydrogen-bond acceptors (Lipinski definition) is 6. The van der Waals surface area contributed by atoms with Crippen LogP contribution in [0.1, 0.15) is 46.4 Å². The molecule has 0 bridgehead atoms. The van der Waals surface area contributed by atoms with Crippen LogP contribution in [0, 0.1) is 17.8 Å². The van der Waals surface area contributed by atoms with Crippen molar-refractivity contribution in [3.05, 3.63) is 29.3 Å². The summed E-state index contributed by atoms with van der Waals surface area (Å²) in [6, 6.07) is 3.68. The predicted molar refractivity (Wildman–Crippen MR) is 102 cm³/mol. The van der Waals surface area contributed by atoms with E-state index >= 15 is 0 Å². The van der Waals surface area contributed by atoms with E-state index in [0.29, 0.717) is 11.7 Å². The number of amides is 4. The number of carbonyl (C=O) groups excluding carboxylic acids is 4. The molecular weight excluding hydrogens is 374 g/mol. The number of ether oxygens (including phenoxy) is 1. The summed E-state index contributed by atoms with van der Waals surface area (Å²) in [6.45, 7) is 2.15. The van der Waals surface area contributed by atoms with E-state index in [1.807, 2.05) is 0 Å². The first-order valence-corrected chi connectivity index (χ1v) is 9.72. The first-order chi connectivity index (χ1) is 14.0. The maximum Gasteiger partial charge on any atom is 0.262 e.